The Morgan fingerprint density at radius 1 is 0.560 bits per heavy atom. The Kier molecular flexibility index (Phi) is 10.3. The van der Waals surface area contributed by atoms with Crippen molar-refractivity contribution in [3.63, 3.8) is 0 Å². The van der Waals surface area contributed by atoms with Crippen LogP contribution in [0.5, 0.6) is 0 Å². The van der Waals surface area contributed by atoms with Gasteiger partial charge in [0.15, 0.2) is 0 Å². The van der Waals surface area contributed by atoms with E-state index in [1.54, 1.807) is 0 Å². The fraction of sp³-hybridized carbons (Fsp3) is 0.895. The molecule has 0 radical (unpaired) electrons. The van der Waals surface area contributed by atoms with E-state index in [0.717, 1.165) is 84.5 Å². The first-order valence-electron chi connectivity index (χ1n) is 10.2. The summed E-state index contributed by atoms with van der Waals surface area (Å²) in [6.45, 7) is 7.09. The van der Waals surface area contributed by atoms with Gasteiger partial charge < -0.3 is 21.3 Å². The van der Waals surface area contributed by atoms with Crippen molar-refractivity contribution in [2.45, 2.75) is 44.9 Å². The van der Waals surface area contributed by atoms with Crippen molar-refractivity contribution in [3.05, 3.63) is 0 Å². The minimum Gasteiger partial charge on any atom is -0.315 e. The maximum Gasteiger partial charge on any atom is 0.138 e. The van der Waals surface area contributed by atoms with Crippen LogP contribution in [0.1, 0.15) is 44.9 Å². The largest absolute Gasteiger partial charge is 0.315 e. The second kappa shape index (κ2) is 12.5. The molecule has 0 bridgehead atoms. The molecule has 0 amide bonds. The number of unbranched alkanes of at least 4 members (excludes halogenated alkanes) is 4. The van der Waals surface area contributed by atoms with E-state index >= 15 is 0 Å². The molecule has 4 N–H and O–H groups in total. The van der Waals surface area contributed by atoms with E-state index in [4.69, 9.17) is 0 Å². The van der Waals surface area contributed by atoms with Gasteiger partial charge in [-0.2, -0.15) is 0 Å². The van der Waals surface area contributed by atoms with E-state index in [1.165, 1.54) is 0 Å². The van der Waals surface area contributed by atoms with Crippen molar-refractivity contribution in [1.82, 2.24) is 21.3 Å². The molecule has 0 spiro atoms. The number of carbonyl (C=O) groups excluding carboxylic acids is 2. The molecule has 2 aliphatic heterocycles. The minimum atomic E-state index is 0.141. The number of hydrogen-bond acceptors (Lipinski definition) is 6. The van der Waals surface area contributed by atoms with Gasteiger partial charge in [-0.15, -0.1) is 0 Å². The third-order valence-corrected chi connectivity index (χ3v) is 5.28. The van der Waals surface area contributed by atoms with E-state index < -0.39 is 0 Å². The Hall–Kier alpha value is -0.820. The van der Waals surface area contributed by atoms with Crippen LogP contribution in [0.25, 0.3) is 0 Å². The second-order valence-electron chi connectivity index (χ2n) is 7.41. The summed E-state index contributed by atoms with van der Waals surface area (Å²) in [5.74, 6) is 1.07. The fourth-order valence-corrected chi connectivity index (χ4v) is 3.60. The molecule has 2 fully saturated rings. The lowest BCUT2D eigenvalue weighted by Crippen LogP contribution is -2.30. The lowest BCUT2D eigenvalue weighted by atomic mass is 9.97. The van der Waals surface area contributed by atoms with Crippen molar-refractivity contribution in [2.24, 2.45) is 11.8 Å². The van der Waals surface area contributed by atoms with Crippen LogP contribution in [0.15, 0.2) is 0 Å². The van der Waals surface area contributed by atoms with Gasteiger partial charge in [0.1, 0.15) is 11.6 Å². The smallest absolute Gasteiger partial charge is 0.138 e. The number of carbonyl (C=O) groups is 2. The summed E-state index contributed by atoms with van der Waals surface area (Å²) >= 11 is 0. The average molecular weight is 353 g/mol. The van der Waals surface area contributed by atoms with Crippen LogP contribution in [-0.2, 0) is 9.59 Å². The molecule has 0 aromatic carbocycles. The first-order valence-corrected chi connectivity index (χ1v) is 10.2. The van der Waals surface area contributed by atoms with Gasteiger partial charge in [0.2, 0.25) is 0 Å². The summed E-state index contributed by atoms with van der Waals surface area (Å²) < 4.78 is 0. The Morgan fingerprint density at radius 3 is 1.24 bits per heavy atom. The van der Waals surface area contributed by atoms with Crippen molar-refractivity contribution >= 4 is 11.6 Å². The molecule has 2 rings (SSSR count). The first kappa shape index (κ1) is 20.5. The van der Waals surface area contributed by atoms with E-state index in [-0.39, 0.29) is 11.8 Å². The first-order chi connectivity index (χ1) is 12.3. The maximum atomic E-state index is 12.2. The Balaban J connectivity index is 1.46. The molecule has 0 unspecified atom stereocenters. The molecular weight excluding hydrogens is 316 g/mol. The number of rotatable bonds is 10. The topological polar surface area (TPSA) is 82.3 Å². The van der Waals surface area contributed by atoms with Crippen molar-refractivity contribution in [1.29, 1.82) is 0 Å². The molecule has 0 atom stereocenters. The third kappa shape index (κ3) is 8.40. The van der Waals surface area contributed by atoms with Crippen LogP contribution in [0, 0.1) is 11.8 Å². The van der Waals surface area contributed by atoms with Gasteiger partial charge in [-0.05, 0) is 12.8 Å². The highest BCUT2D eigenvalue weighted by Crippen LogP contribution is 2.12. The monoisotopic (exact) mass is 352 g/mol. The van der Waals surface area contributed by atoms with E-state index in [2.05, 4.69) is 21.3 Å². The van der Waals surface area contributed by atoms with Gasteiger partial charge in [-0.1, -0.05) is 19.3 Å². The number of hydrogen-bond donors (Lipinski definition) is 4. The van der Waals surface area contributed by atoms with E-state index in [1.807, 2.05) is 0 Å². The third-order valence-electron chi connectivity index (χ3n) is 5.28. The molecule has 2 saturated heterocycles. The molecule has 6 heteroatoms. The molecule has 2 aliphatic rings. The van der Waals surface area contributed by atoms with Crippen LogP contribution < -0.4 is 21.3 Å². The van der Waals surface area contributed by atoms with E-state index in [9.17, 15) is 9.59 Å². The van der Waals surface area contributed by atoms with Gasteiger partial charge in [0.05, 0.1) is 0 Å². The highest BCUT2D eigenvalue weighted by Gasteiger charge is 2.20. The summed E-state index contributed by atoms with van der Waals surface area (Å²) in [5, 5.41) is 13.3. The van der Waals surface area contributed by atoms with Crippen LogP contribution >= 0.6 is 0 Å². The standard InChI is InChI=1S/C19H36N4O2/c24-18(16-12-20-8-9-21-13-16)6-4-2-1-3-5-7-19(25)17-14-22-10-11-23-15-17/h16-17,20-23H,1-15H2. The molecule has 0 aromatic rings. The highest BCUT2D eigenvalue weighted by atomic mass is 16.1. The Labute approximate surface area is 152 Å². The number of nitrogens with one attached hydrogen (secondary N) is 4. The zero-order valence-corrected chi connectivity index (χ0v) is 15.6. The molecule has 25 heavy (non-hydrogen) atoms. The lowest BCUT2D eigenvalue weighted by Gasteiger charge is -2.13. The second-order valence-corrected chi connectivity index (χ2v) is 7.41. The summed E-state index contributed by atoms with van der Waals surface area (Å²) in [5.41, 5.74) is 0. The molecule has 144 valence electrons. The molecule has 0 aromatic heterocycles. The zero-order valence-electron chi connectivity index (χ0n) is 15.6. The predicted octanol–water partition coefficient (Wildman–Crippen LogP) is 0.473. The van der Waals surface area contributed by atoms with Crippen molar-refractivity contribution < 1.29 is 9.59 Å². The molecule has 2 heterocycles. The maximum absolute atomic E-state index is 12.2. The summed E-state index contributed by atoms with van der Waals surface area (Å²) in [6, 6.07) is 0. The molecule has 0 saturated carbocycles. The quantitative estimate of drug-likeness (QED) is 0.428. The molecule has 6 nitrogen and oxygen atoms in total. The van der Waals surface area contributed by atoms with Crippen LogP contribution in [0.4, 0.5) is 0 Å². The fourth-order valence-electron chi connectivity index (χ4n) is 3.60. The highest BCUT2D eigenvalue weighted by molar-refractivity contribution is 5.81. The zero-order chi connectivity index (χ0) is 17.7. The van der Waals surface area contributed by atoms with Crippen LogP contribution in [-0.4, -0.2) is 63.9 Å². The van der Waals surface area contributed by atoms with Crippen molar-refractivity contribution in [3.8, 4) is 0 Å². The van der Waals surface area contributed by atoms with Crippen LogP contribution in [0.3, 0.4) is 0 Å². The lowest BCUT2D eigenvalue weighted by molar-refractivity contribution is -0.123. The van der Waals surface area contributed by atoms with Gasteiger partial charge in [0.25, 0.3) is 0 Å². The Bertz CT molecular complexity index is 351. The summed E-state index contributed by atoms with van der Waals surface area (Å²) in [7, 11) is 0. The summed E-state index contributed by atoms with van der Waals surface area (Å²) in [6.07, 6.45) is 6.70. The minimum absolute atomic E-state index is 0.141. The predicted molar refractivity (Wildman–Crippen MR) is 101 cm³/mol. The van der Waals surface area contributed by atoms with Gasteiger partial charge in [0, 0.05) is 77.0 Å². The molecule has 0 aliphatic carbocycles. The Morgan fingerprint density at radius 2 is 0.880 bits per heavy atom. The summed E-state index contributed by atoms with van der Waals surface area (Å²) in [4.78, 5) is 24.4. The van der Waals surface area contributed by atoms with Gasteiger partial charge in [-0.3, -0.25) is 9.59 Å². The van der Waals surface area contributed by atoms with Crippen LogP contribution in [0.2, 0.25) is 0 Å². The average Bonchev–Trinajstić information content (AvgIpc) is 3.05. The van der Waals surface area contributed by atoms with Crippen molar-refractivity contribution in [2.75, 3.05) is 52.4 Å². The van der Waals surface area contributed by atoms with Gasteiger partial charge >= 0.3 is 0 Å². The molecular formula is C19H36N4O2. The van der Waals surface area contributed by atoms with Gasteiger partial charge in [-0.25, -0.2) is 0 Å². The van der Waals surface area contributed by atoms with E-state index in [0.29, 0.717) is 24.4 Å². The number of ketones is 2. The normalized spacial score (nSPS) is 20.8. The number of Topliss-reactive ketones (excluding diaryl/α,β-unsaturated/α-hetero) is 2. The SMILES string of the molecule is O=C(CCCCCCCC(=O)C1CNCCNC1)C1CNCCNC1.